The summed E-state index contributed by atoms with van der Waals surface area (Å²) in [7, 11) is 0. The Hall–Kier alpha value is -6.39. The molecule has 4 N–H and O–H groups in total. The molecule has 0 radical (unpaired) electrons. The van der Waals surface area contributed by atoms with E-state index in [1.165, 1.54) is 6.07 Å². The molecule has 2 aromatic heterocycles. The van der Waals surface area contributed by atoms with Gasteiger partial charge in [0.05, 0.1) is 22.7 Å². The van der Waals surface area contributed by atoms with E-state index in [0.29, 0.717) is 58.4 Å². The summed E-state index contributed by atoms with van der Waals surface area (Å²) in [5.41, 5.74) is 5.24. The highest BCUT2D eigenvalue weighted by Crippen LogP contribution is 2.34. The number of pyridine rings is 1. The number of piperidine rings is 1. The van der Waals surface area contributed by atoms with E-state index in [-0.39, 0.29) is 28.3 Å². The van der Waals surface area contributed by atoms with Gasteiger partial charge in [-0.05, 0) is 149 Å². The number of carbonyl (C=O) groups is 2. The second-order valence-corrected chi connectivity index (χ2v) is 19.1. The van der Waals surface area contributed by atoms with Crippen LogP contribution < -0.4 is 20.1 Å². The zero-order valence-electron chi connectivity index (χ0n) is 38.6. The summed E-state index contributed by atoms with van der Waals surface area (Å²) in [4.78, 5) is 42.5. The standard InChI is InChI=1S/C53H57N7O6S2/c1-4-54-39-24-27-58(28-25-39)29-26-40(34-67-41-15-6-5-7-16-41)55-45-23-22-42(33-48(45)60(64)65)68-57-52(61)38-31-35(2)50(36(3)32-38)47-20-11-19-46-44(51(53(62)63)56-59(46)47)18-12-30-66-49-21-10-14-37-13-8-9-17-43(37)49/h5-11,13-17,19-23,31-33,39-40,54-55H,4,12,18,24-30,34H2,1-3H3,(H,57,61)(H,62,63). The number of nitrogens with zero attached hydrogens (tertiary/aromatic N) is 4. The van der Waals surface area contributed by atoms with Gasteiger partial charge in [-0.25, -0.2) is 9.31 Å². The molecule has 8 rings (SSSR count). The Morgan fingerprint density at radius 2 is 1.65 bits per heavy atom. The number of fused-ring (bicyclic) bond motifs is 2. The minimum atomic E-state index is -1.11. The van der Waals surface area contributed by atoms with E-state index in [0.717, 1.165) is 101 Å². The molecule has 0 saturated carbocycles. The Bertz CT molecular complexity index is 2870. The molecule has 5 aromatic carbocycles. The van der Waals surface area contributed by atoms with Crippen LogP contribution in [0.25, 0.3) is 27.5 Å². The van der Waals surface area contributed by atoms with Crippen LogP contribution in [0.3, 0.4) is 0 Å². The van der Waals surface area contributed by atoms with Crippen LogP contribution >= 0.6 is 23.7 Å². The highest BCUT2D eigenvalue weighted by molar-refractivity contribution is 7.99. The molecule has 1 unspecified atom stereocenters. The lowest BCUT2D eigenvalue weighted by Crippen LogP contribution is -2.43. The molecule has 352 valence electrons. The number of hydrogen-bond donors (Lipinski definition) is 4. The van der Waals surface area contributed by atoms with Crippen LogP contribution in [-0.2, 0) is 6.42 Å². The van der Waals surface area contributed by atoms with Crippen LogP contribution in [0.4, 0.5) is 11.4 Å². The van der Waals surface area contributed by atoms with E-state index < -0.39 is 5.97 Å². The Morgan fingerprint density at radius 3 is 2.40 bits per heavy atom. The lowest BCUT2D eigenvalue weighted by atomic mass is 9.96. The third-order valence-corrected chi connectivity index (χ3v) is 14.4. The molecule has 15 heteroatoms. The first-order chi connectivity index (χ1) is 33.1. The Kier molecular flexibility index (Phi) is 16.0. The van der Waals surface area contributed by atoms with Crippen LogP contribution in [0.2, 0.25) is 0 Å². The van der Waals surface area contributed by atoms with Crippen LogP contribution in [0, 0.1) is 24.0 Å². The minimum absolute atomic E-state index is 0.0109. The number of anilines is 1. The van der Waals surface area contributed by atoms with Crippen molar-refractivity contribution in [3.8, 4) is 17.0 Å². The highest BCUT2D eigenvalue weighted by Gasteiger charge is 2.25. The van der Waals surface area contributed by atoms with Gasteiger partial charge in [-0.1, -0.05) is 67.6 Å². The molecule has 0 spiro atoms. The number of carboxylic acids is 1. The average molecular weight is 952 g/mol. The number of nitro groups is 1. The summed E-state index contributed by atoms with van der Waals surface area (Å²) >= 11 is 2.76. The topological polar surface area (TPSA) is 163 Å². The van der Waals surface area contributed by atoms with Gasteiger partial charge in [-0.3, -0.25) is 19.6 Å². The van der Waals surface area contributed by atoms with E-state index in [4.69, 9.17) is 4.74 Å². The number of nitro benzene ring substituents is 1. The fourth-order valence-corrected chi connectivity index (χ4v) is 10.7. The molecule has 0 bridgehead atoms. The fourth-order valence-electron chi connectivity index (χ4n) is 9.11. The van der Waals surface area contributed by atoms with E-state index in [1.54, 1.807) is 40.5 Å². The Balaban J connectivity index is 0.932. The van der Waals surface area contributed by atoms with Gasteiger partial charge >= 0.3 is 5.97 Å². The summed E-state index contributed by atoms with van der Waals surface area (Å²) in [5, 5.41) is 36.6. The molecule has 1 amide bonds. The molecule has 13 nitrogen and oxygen atoms in total. The third-order valence-electron chi connectivity index (χ3n) is 12.4. The monoisotopic (exact) mass is 951 g/mol. The number of carboxylic acid groups (broad SMARTS) is 1. The predicted molar refractivity (Wildman–Crippen MR) is 274 cm³/mol. The van der Waals surface area contributed by atoms with Crippen molar-refractivity contribution in [2.24, 2.45) is 0 Å². The lowest BCUT2D eigenvalue weighted by Gasteiger charge is -2.33. The lowest BCUT2D eigenvalue weighted by molar-refractivity contribution is -0.384. The van der Waals surface area contributed by atoms with E-state index in [1.807, 2.05) is 92.7 Å². The number of benzene rings is 5. The quantitative estimate of drug-likeness (QED) is 0.0178. The van der Waals surface area contributed by atoms with Crippen LogP contribution in [0.15, 0.2) is 131 Å². The van der Waals surface area contributed by atoms with Gasteiger partial charge in [-0.2, -0.15) is 5.10 Å². The molecule has 1 aliphatic heterocycles. The van der Waals surface area contributed by atoms with Gasteiger partial charge in [0.1, 0.15) is 11.4 Å². The van der Waals surface area contributed by atoms with Gasteiger partial charge in [0.15, 0.2) is 5.69 Å². The van der Waals surface area contributed by atoms with Crippen molar-refractivity contribution in [2.45, 2.75) is 74.7 Å². The molecule has 1 fully saturated rings. The van der Waals surface area contributed by atoms with Gasteiger partial charge in [0.2, 0.25) is 0 Å². The number of rotatable bonds is 21. The van der Waals surface area contributed by atoms with Crippen LogP contribution in [0.1, 0.15) is 70.1 Å². The molecular formula is C53H57N7O6S2. The van der Waals surface area contributed by atoms with Crippen molar-refractivity contribution >= 4 is 63.3 Å². The van der Waals surface area contributed by atoms with Crippen molar-refractivity contribution < 1.29 is 24.4 Å². The largest absolute Gasteiger partial charge is 0.493 e. The maximum Gasteiger partial charge on any atom is 0.356 e. The minimum Gasteiger partial charge on any atom is -0.493 e. The van der Waals surface area contributed by atoms with E-state index >= 15 is 0 Å². The Labute approximate surface area is 405 Å². The number of amides is 1. The fraction of sp³-hybridized carbons (Fsp3) is 0.302. The first-order valence-electron chi connectivity index (χ1n) is 23.2. The molecular weight excluding hydrogens is 895 g/mol. The van der Waals surface area contributed by atoms with E-state index in [2.05, 4.69) is 44.4 Å². The summed E-state index contributed by atoms with van der Waals surface area (Å²) in [6, 6.07) is 39.0. The number of aromatic carboxylic acids is 1. The predicted octanol–water partition coefficient (Wildman–Crippen LogP) is 10.9. The molecule has 68 heavy (non-hydrogen) atoms. The SMILES string of the molecule is CCNC1CCN(CCC(CSc2ccccc2)Nc2ccc(SNC(=O)c3cc(C)c(-c4cccc5c(CCCOc6cccc7ccccc67)c(C(=O)O)nn45)c(C)c3)cc2[N+](=O)[O-])CC1. The summed E-state index contributed by atoms with van der Waals surface area (Å²) in [6.45, 7) is 10.3. The first kappa shape index (κ1) is 48.1. The van der Waals surface area contributed by atoms with Crippen LogP contribution in [-0.4, -0.2) is 87.0 Å². The molecule has 0 aliphatic carbocycles. The number of thioether (sulfide) groups is 1. The summed E-state index contributed by atoms with van der Waals surface area (Å²) in [6.07, 6.45) is 4.08. The van der Waals surface area contributed by atoms with Gasteiger partial charge in [0.25, 0.3) is 11.6 Å². The van der Waals surface area contributed by atoms with Crippen molar-refractivity contribution in [3.63, 3.8) is 0 Å². The van der Waals surface area contributed by atoms with Gasteiger partial charge in [-0.15, -0.1) is 11.8 Å². The van der Waals surface area contributed by atoms with Crippen molar-refractivity contribution in [2.75, 3.05) is 43.9 Å². The normalized spacial score (nSPS) is 13.7. The molecule has 1 atom stereocenters. The number of nitrogens with one attached hydrogen (secondary N) is 3. The Morgan fingerprint density at radius 1 is 0.912 bits per heavy atom. The summed E-state index contributed by atoms with van der Waals surface area (Å²) in [5.74, 6) is 0.0582. The smallest absolute Gasteiger partial charge is 0.356 e. The number of aromatic nitrogens is 2. The first-order valence-corrected chi connectivity index (χ1v) is 25.0. The average Bonchev–Trinajstić information content (AvgIpc) is 3.73. The molecule has 1 aliphatic rings. The maximum atomic E-state index is 13.7. The van der Waals surface area contributed by atoms with E-state index in [9.17, 15) is 24.8 Å². The van der Waals surface area contributed by atoms with Crippen molar-refractivity contribution in [1.29, 1.82) is 0 Å². The number of carbonyl (C=O) groups excluding carboxylic acids is 1. The molecule has 3 heterocycles. The number of ether oxygens (including phenoxy) is 1. The zero-order valence-corrected chi connectivity index (χ0v) is 40.2. The van der Waals surface area contributed by atoms with Gasteiger partial charge in [0, 0.05) is 62.3 Å². The zero-order chi connectivity index (χ0) is 47.6. The third kappa shape index (κ3) is 11.6. The molecule has 1 saturated heterocycles. The molecule has 7 aromatic rings. The van der Waals surface area contributed by atoms with Gasteiger partial charge < -0.3 is 25.4 Å². The number of aryl methyl sites for hydroxylation is 3. The number of likely N-dealkylation sites (tertiary alicyclic amines) is 1. The highest BCUT2D eigenvalue weighted by atomic mass is 32.2. The van der Waals surface area contributed by atoms with Crippen molar-refractivity contribution in [1.82, 2.24) is 24.6 Å². The summed E-state index contributed by atoms with van der Waals surface area (Å²) < 4.78 is 10.7. The van der Waals surface area contributed by atoms with Crippen LogP contribution in [0.5, 0.6) is 5.75 Å². The number of hydrogen-bond acceptors (Lipinski definition) is 11. The second kappa shape index (κ2) is 22.6. The second-order valence-electron chi connectivity index (χ2n) is 17.2. The maximum absolute atomic E-state index is 13.7. The van der Waals surface area contributed by atoms with Crippen molar-refractivity contribution in [3.05, 3.63) is 159 Å².